The van der Waals surface area contributed by atoms with Crippen LogP contribution in [0.5, 0.6) is 5.75 Å². The molecule has 0 aliphatic rings. The van der Waals surface area contributed by atoms with Crippen molar-refractivity contribution in [1.29, 1.82) is 0 Å². The fourth-order valence-corrected chi connectivity index (χ4v) is 5.74. The average molecular weight is 680 g/mol. The second-order valence-corrected chi connectivity index (χ2v) is 12.2. The van der Waals surface area contributed by atoms with Crippen molar-refractivity contribution >= 4 is 34.0 Å². The number of carbonyl (C=O) groups is 2. The van der Waals surface area contributed by atoms with Crippen LogP contribution in [0.1, 0.15) is 31.8 Å². The number of ether oxygens (including phenoxy) is 3. The van der Waals surface area contributed by atoms with Crippen LogP contribution in [0.4, 0.5) is 11.4 Å². The van der Waals surface area contributed by atoms with Gasteiger partial charge in [-0.25, -0.2) is 0 Å². The van der Waals surface area contributed by atoms with Crippen LogP contribution in [0, 0.1) is 0 Å². The molecule has 0 radical (unpaired) electrons. The Morgan fingerprint density at radius 3 is 2.25 bits per heavy atom. The first kappa shape index (κ1) is 34.9. The number of hydrogen-bond acceptors (Lipinski definition) is 6. The number of hydrogen-bond donors (Lipinski definition) is 2. The molecule has 0 saturated heterocycles. The van der Waals surface area contributed by atoms with Gasteiger partial charge in [0.2, 0.25) is 0 Å². The quantitative estimate of drug-likeness (QED) is 0.0837. The predicted molar refractivity (Wildman–Crippen MR) is 202 cm³/mol. The molecule has 8 nitrogen and oxygen atoms in total. The fraction of sp³-hybridized carbons (Fsp3) is 0.163. The molecule has 0 fully saturated rings. The predicted octanol–water partition coefficient (Wildman–Crippen LogP) is 8.45. The van der Waals surface area contributed by atoms with Gasteiger partial charge in [-0.05, 0) is 87.6 Å². The van der Waals surface area contributed by atoms with Crippen molar-refractivity contribution in [2.24, 2.45) is 0 Å². The molecule has 2 amide bonds. The Kier molecular flexibility index (Phi) is 11.7. The van der Waals surface area contributed by atoms with Crippen LogP contribution in [0.2, 0.25) is 0 Å². The molecule has 0 aromatic heterocycles. The summed E-state index contributed by atoms with van der Waals surface area (Å²) >= 11 is 0. The summed E-state index contributed by atoms with van der Waals surface area (Å²) in [5, 5.41) is 8.35. The molecule has 0 spiro atoms. The van der Waals surface area contributed by atoms with Gasteiger partial charge in [-0.3, -0.25) is 9.59 Å². The van der Waals surface area contributed by atoms with Crippen LogP contribution < -0.4 is 15.4 Å². The van der Waals surface area contributed by atoms with Gasteiger partial charge >= 0.3 is 0 Å². The van der Waals surface area contributed by atoms with Crippen molar-refractivity contribution in [2.75, 3.05) is 39.5 Å². The first-order valence-corrected chi connectivity index (χ1v) is 16.8. The van der Waals surface area contributed by atoms with E-state index < -0.39 is 0 Å². The Morgan fingerprint density at radius 2 is 1.43 bits per heavy atom. The zero-order valence-electron chi connectivity index (χ0n) is 28.8. The molecule has 258 valence electrons. The van der Waals surface area contributed by atoms with Crippen LogP contribution in [0.25, 0.3) is 21.9 Å². The van der Waals surface area contributed by atoms with Crippen molar-refractivity contribution in [3.8, 4) is 16.9 Å². The van der Waals surface area contributed by atoms with Crippen molar-refractivity contribution < 1.29 is 23.8 Å². The van der Waals surface area contributed by atoms with Crippen LogP contribution in [0.15, 0.2) is 140 Å². The summed E-state index contributed by atoms with van der Waals surface area (Å²) in [6.45, 7) is 2.05. The van der Waals surface area contributed by atoms with Crippen LogP contribution >= 0.6 is 0 Å². The molecule has 51 heavy (non-hydrogen) atoms. The Morgan fingerprint density at radius 1 is 0.686 bits per heavy atom. The summed E-state index contributed by atoms with van der Waals surface area (Å²) in [7, 11) is 3.45. The summed E-state index contributed by atoms with van der Waals surface area (Å²) in [4.78, 5) is 28.2. The molecular formula is C43H41N3O5. The third-order valence-electron chi connectivity index (χ3n) is 8.46. The number of anilines is 2. The summed E-state index contributed by atoms with van der Waals surface area (Å²) in [6.07, 6.45) is 0. The monoisotopic (exact) mass is 679 g/mol. The lowest BCUT2D eigenvalue weighted by molar-refractivity contribution is -0.00841. The van der Waals surface area contributed by atoms with Crippen LogP contribution in [-0.4, -0.2) is 50.9 Å². The molecule has 0 bridgehead atoms. The third-order valence-corrected chi connectivity index (χ3v) is 8.46. The van der Waals surface area contributed by atoms with Gasteiger partial charge in [0, 0.05) is 38.5 Å². The summed E-state index contributed by atoms with van der Waals surface area (Å²) in [5.74, 6) is 0.504. The minimum atomic E-state index is -0.139. The van der Waals surface area contributed by atoms with E-state index in [1.165, 1.54) is 0 Å². The first-order valence-electron chi connectivity index (χ1n) is 16.8. The third kappa shape index (κ3) is 9.39. The molecule has 0 aliphatic heterocycles. The number of fused-ring (bicyclic) bond motifs is 1. The van der Waals surface area contributed by atoms with E-state index in [9.17, 15) is 9.59 Å². The number of nitrogens with zero attached hydrogens (tertiary/aromatic N) is 1. The highest BCUT2D eigenvalue weighted by atomic mass is 16.7. The molecule has 6 rings (SSSR count). The van der Waals surface area contributed by atoms with Gasteiger partial charge in [0.25, 0.3) is 11.8 Å². The van der Waals surface area contributed by atoms with Crippen molar-refractivity contribution in [3.63, 3.8) is 0 Å². The Hall–Kier alpha value is -5.96. The van der Waals surface area contributed by atoms with Gasteiger partial charge < -0.3 is 29.7 Å². The van der Waals surface area contributed by atoms with Crippen LogP contribution in [-0.2, 0) is 22.6 Å². The molecule has 2 N–H and O–H groups in total. The minimum absolute atomic E-state index is 0.0568. The molecule has 0 saturated carbocycles. The van der Waals surface area contributed by atoms with Gasteiger partial charge in [0.15, 0.2) is 6.79 Å². The maximum absolute atomic E-state index is 13.4. The van der Waals surface area contributed by atoms with E-state index >= 15 is 0 Å². The topological polar surface area (TPSA) is 89.1 Å². The number of rotatable bonds is 15. The standard InChI is InChI=1S/C43H41N3O5/c1-46(43(48)37-16-15-36-27-39(22-19-35(36)26-37)51-30-50-24-23-49-2)29-32-11-8-12-34(25-32)33-17-20-38(21-18-33)45-41-14-7-6-13-40(41)42(47)44-28-31-9-4-3-5-10-31/h3-22,25-27,45H,23-24,28-30H2,1-2H3,(H,44,47). The molecule has 0 unspecified atom stereocenters. The smallest absolute Gasteiger partial charge is 0.253 e. The molecule has 0 atom stereocenters. The average Bonchev–Trinajstić information content (AvgIpc) is 3.17. The zero-order valence-corrected chi connectivity index (χ0v) is 28.8. The van der Waals surface area contributed by atoms with Gasteiger partial charge in [0.05, 0.1) is 24.5 Å². The van der Waals surface area contributed by atoms with E-state index in [-0.39, 0.29) is 18.6 Å². The van der Waals surface area contributed by atoms with Crippen molar-refractivity contribution in [1.82, 2.24) is 10.2 Å². The largest absolute Gasteiger partial charge is 0.468 e. The maximum atomic E-state index is 13.4. The summed E-state index contributed by atoms with van der Waals surface area (Å²) in [6, 6.07) is 45.1. The van der Waals surface area contributed by atoms with Gasteiger partial charge in [0.1, 0.15) is 5.75 Å². The molecule has 0 aliphatic carbocycles. The fourth-order valence-electron chi connectivity index (χ4n) is 5.74. The summed E-state index contributed by atoms with van der Waals surface area (Å²) < 4.78 is 16.0. The van der Waals surface area contributed by atoms with E-state index in [0.717, 1.165) is 44.4 Å². The molecule has 0 heterocycles. The highest BCUT2D eigenvalue weighted by Gasteiger charge is 2.14. The lowest BCUT2D eigenvalue weighted by Crippen LogP contribution is -2.26. The highest BCUT2D eigenvalue weighted by Crippen LogP contribution is 2.27. The minimum Gasteiger partial charge on any atom is -0.468 e. The number of benzene rings is 6. The second kappa shape index (κ2) is 17.1. The zero-order chi connectivity index (χ0) is 35.4. The van der Waals surface area contributed by atoms with Crippen molar-refractivity contribution in [2.45, 2.75) is 13.1 Å². The summed E-state index contributed by atoms with van der Waals surface area (Å²) in [5.41, 5.74) is 6.96. The molecular weight excluding hydrogens is 638 g/mol. The maximum Gasteiger partial charge on any atom is 0.253 e. The highest BCUT2D eigenvalue weighted by molar-refractivity contribution is 6.00. The Bertz CT molecular complexity index is 2080. The number of para-hydroxylation sites is 1. The van der Waals surface area contributed by atoms with Gasteiger partial charge in [-0.15, -0.1) is 0 Å². The van der Waals surface area contributed by atoms with Crippen molar-refractivity contribution in [3.05, 3.63) is 162 Å². The SMILES string of the molecule is COCCOCOc1ccc2cc(C(=O)N(C)Cc3cccc(-c4ccc(Nc5ccccc5C(=O)NCc5ccccc5)cc4)c3)ccc2c1. The number of amides is 2. The van der Waals surface area contributed by atoms with Gasteiger partial charge in [-0.1, -0.05) is 84.9 Å². The van der Waals surface area contributed by atoms with E-state index in [0.29, 0.717) is 43.2 Å². The van der Waals surface area contributed by atoms with E-state index in [1.54, 1.807) is 12.0 Å². The Labute approximate surface area is 298 Å². The number of nitrogens with one attached hydrogen (secondary N) is 2. The molecule has 6 aromatic carbocycles. The van der Waals surface area contributed by atoms with E-state index in [1.807, 2.05) is 134 Å². The lowest BCUT2D eigenvalue weighted by atomic mass is 10.0. The molecule has 8 heteroatoms. The first-order chi connectivity index (χ1) is 25.0. The van der Waals surface area contributed by atoms with Crippen LogP contribution in [0.3, 0.4) is 0 Å². The Balaban J connectivity index is 1.06. The number of methoxy groups -OCH3 is 1. The van der Waals surface area contributed by atoms with E-state index in [2.05, 4.69) is 22.8 Å². The normalized spacial score (nSPS) is 10.9. The van der Waals surface area contributed by atoms with E-state index in [4.69, 9.17) is 14.2 Å². The molecule has 6 aromatic rings. The second-order valence-electron chi connectivity index (χ2n) is 12.2. The number of carbonyl (C=O) groups excluding carboxylic acids is 2. The lowest BCUT2D eigenvalue weighted by Gasteiger charge is -2.18. The van der Waals surface area contributed by atoms with Gasteiger partial charge in [-0.2, -0.15) is 0 Å².